The Morgan fingerprint density at radius 3 is 1.49 bits per heavy atom. The number of para-hydroxylation sites is 3. The van der Waals surface area contributed by atoms with E-state index in [0.717, 1.165) is 17.1 Å². The van der Waals surface area contributed by atoms with Gasteiger partial charge in [-0.05, 0) is 95.1 Å². The van der Waals surface area contributed by atoms with E-state index in [0.29, 0.717) is 0 Å². The van der Waals surface area contributed by atoms with Gasteiger partial charge in [-0.15, -0.1) is 0 Å². The van der Waals surface area contributed by atoms with Gasteiger partial charge in [-0.1, -0.05) is 121 Å². The Kier molecular flexibility index (Phi) is 6.55. The number of benzene rings is 8. The van der Waals surface area contributed by atoms with Crippen LogP contribution in [0.4, 0.5) is 0 Å². The van der Waals surface area contributed by atoms with E-state index in [1.165, 1.54) is 76.8 Å². The molecular weight excluding hydrogens is 643 g/mol. The van der Waals surface area contributed by atoms with Crippen LogP contribution in [0.1, 0.15) is 0 Å². The summed E-state index contributed by atoms with van der Waals surface area (Å²) in [6, 6.07) is 70.5. The minimum Gasteiger partial charge on any atom is -0.316 e. The second-order valence-electron chi connectivity index (χ2n) is 13.8. The molecule has 3 nitrogen and oxygen atoms in total. The van der Waals surface area contributed by atoms with Gasteiger partial charge in [-0.2, -0.15) is 0 Å². The predicted molar refractivity (Wildman–Crippen MR) is 223 cm³/mol. The van der Waals surface area contributed by atoms with Crippen molar-refractivity contribution >= 4 is 54.5 Å². The van der Waals surface area contributed by atoms with E-state index in [4.69, 9.17) is 0 Å². The molecule has 0 bridgehead atoms. The molecule has 0 unspecified atom stereocenters. The van der Waals surface area contributed by atoms with Crippen LogP contribution >= 0.6 is 0 Å². The molecule has 0 atom stereocenters. The van der Waals surface area contributed by atoms with Crippen molar-refractivity contribution in [1.82, 2.24) is 13.7 Å². The van der Waals surface area contributed by atoms with E-state index in [9.17, 15) is 0 Å². The molecule has 0 N–H and O–H groups in total. The zero-order valence-corrected chi connectivity index (χ0v) is 28.9. The highest BCUT2D eigenvalue weighted by Gasteiger charge is 2.19. The Labute approximate surface area is 306 Å². The first kappa shape index (κ1) is 29.6. The topological polar surface area (TPSA) is 14.8 Å². The molecule has 3 heterocycles. The third-order valence-corrected chi connectivity index (χ3v) is 10.8. The van der Waals surface area contributed by atoms with E-state index in [2.05, 4.69) is 214 Å². The molecule has 3 heteroatoms. The van der Waals surface area contributed by atoms with Gasteiger partial charge in [-0.25, -0.2) is 0 Å². The molecule has 0 aliphatic heterocycles. The number of aromatic nitrogens is 3. The molecule has 11 aromatic rings. The fourth-order valence-corrected chi connectivity index (χ4v) is 8.47. The van der Waals surface area contributed by atoms with Crippen LogP contribution in [-0.4, -0.2) is 13.7 Å². The Hall–Kier alpha value is -7.10. The smallest absolute Gasteiger partial charge is 0.0635 e. The van der Waals surface area contributed by atoms with Gasteiger partial charge in [0, 0.05) is 50.2 Å². The molecule has 11 rings (SSSR count). The molecule has 0 radical (unpaired) electrons. The van der Waals surface area contributed by atoms with Crippen LogP contribution in [0.25, 0.3) is 93.8 Å². The first-order valence-electron chi connectivity index (χ1n) is 18.2. The van der Waals surface area contributed by atoms with E-state index >= 15 is 0 Å². The maximum absolute atomic E-state index is 2.47. The maximum Gasteiger partial charge on any atom is 0.0635 e. The molecule has 3 aromatic heterocycles. The monoisotopic (exact) mass is 675 g/mol. The van der Waals surface area contributed by atoms with Gasteiger partial charge in [-0.3, -0.25) is 0 Å². The lowest BCUT2D eigenvalue weighted by Gasteiger charge is -2.14. The maximum atomic E-state index is 2.47. The summed E-state index contributed by atoms with van der Waals surface area (Å²) in [4.78, 5) is 0. The van der Waals surface area contributed by atoms with Crippen LogP contribution in [0.3, 0.4) is 0 Å². The van der Waals surface area contributed by atoms with E-state index < -0.39 is 0 Å². The summed E-state index contributed by atoms with van der Waals surface area (Å²) >= 11 is 0. The van der Waals surface area contributed by atoms with Gasteiger partial charge < -0.3 is 13.7 Å². The Morgan fingerprint density at radius 2 is 0.811 bits per heavy atom. The van der Waals surface area contributed by atoms with Crippen LogP contribution in [0.5, 0.6) is 0 Å². The van der Waals surface area contributed by atoms with Crippen molar-refractivity contribution in [3.05, 3.63) is 200 Å². The minimum atomic E-state index is 1.14. The highest BCUT2D eigenvalue weighted by Crippen LogP contribution is 2.41. The fourth-order valence-electron chi connectivity index (χ4n) is 8.47. The van der Waals surface area contributed by atoms with Gasteiger partial charge in [0.2, 0.25) is 0 Å². The summed E-state index contributed by atoms with van der Waals surface area (Å²) < 4.78 is 7.20. The molecular formula is C50H33N3. The van der Waals surface area contributed by atoms with Crippen molar-refractivity contribution in [1.29, 1.82) is 0 Å². The summed E-state index contributed by atoms with van der Waals surface area (Å²) in [5.74, 6) is 0. The van der Waals surface area contributed by atoms with Gasteiger partial charge in [0.25, 0.3) is 0 Å². The highest BCUT2D eigenvalue weighted by atomic mass is 15.0. The van der Waals surface area contributed by atoms with Crippen LogP contribution < -0.4 is 0 Å². The summed E-state index contributed by atoms with van der Waals surface area (Å²) in [6.07, 6.45) is 2.20. The normalized spacial score (nSPS) is 11.8. The molecule has 0 saturated heterocycles. The summed E-state index contributed by atoms with van der Waals surface area (Å²) in [6.45, 7) is 0. The van der Waals surface area contributed by atoms with E-state index in [1.54, 1.807) is 0 Å². The average molecular weight is 676 g/mol. The van der Waals surface area contributed by atoms with Gasteiger partial charge in [0.15, 0.2) is 0 Å². The number of hydrogen-bond donors (Lipinski definition) is 0. The Morgan fingerprint density at radius 1 is 0.264 bits per heavy atom. The SMILES string of the molecule is c1ccc(-c2cc(-c3ccccc3)cc(-n3c4ccccc4c4cc(-n5c6ccccc6c6ccc7c(ccn7-c7ccccc7)c65)ccc43)c2)cc1. The number of nitrogens with zero attached hydrogens (tertiary/aromatic N) is 3. The summed E-state index contributed by atoms with van der Waals surface area (Å²) in [7, 11) is 0. The number of fused-ring (bicyclic) bond motifs is 8. The lowest BCUT2D eigenvalue weighted by atomic mass is 9.98. The number of hydrogen-bond acceptors (Lipinski definition) is 0. The van der Waals surface area contributed by atoms with Crippen LogP contribution in [0.15, 0.2) is 200 Å². The zero-order valence-electron chi connectivity index (χ0n) is 28.9. The molecule has 8 aromatic carbocycles. The predicted octanol–water partition coefficient (Wildman–Crippen LogP) is 13.2. The van der Waals surface area contributed by atoms with Crippen LogP contribution in [-0.2, 0) is 0 Å². The number of rotatable bonds is 5. The van der Waals surface area contributed by atoms with Crippen LogP contribution in [0.2, 0.25) is 0 Å². The first-order valence-corrected chi connectivity index (χ1v) is 18.2. The standard InChI is InChI=1S/C50H33N3/c1-4-14-34(15-5-1)36-30-37(35-16-6-2-7-17-35)32-40(31-36)52-47-22-12-11-21-42(47)45-33-39(24-26-49(45)52)53-48-23-13-10-20-41(48)43-25-27-46-44(50(43)53)28-29-51(46)38-18-8-3-9-19-38/h1-33H. The van der Waals surface area contributed by atoms with Gasteiger partial charge >= 0.3 is 0 Å². The third kappa shape index (κ3) is 4.61. The molecule has 0 aliphatic carbocycles. The van der Waals surface area contributed by atoms with Crippen LogP contribution in [0, 0.1) is 0 Å². The third-order valence-electron chi connectivity index (χ3n) is 10.8. The molecule has 0 saturated carbocycles. The summed E-state index contributed by atoms with van der Waals surface area (Å²) in [5.41, 5.74) is 14.2. The molecule has 0 aliphatic rings. The highest BCUT2D eigenvalue weighted by molar-refractivity contribution is 6.19. The van der Waals surface area contributed by atoms with Crippen molar-refractivity contribution in [2.75, 3.05) is 0 Å². The molecule has 0 amide bonds. The van der Waals surface area contributed by atoms with Crippen molar-refractivity contribution < 1.29 is 0 Å². The Bertz CT molecular complexity index is 3090. The minimum absolute atomic E-state index is 1.14. The summed E-state index contributed by atoms with van der Waals surface area (Å²) in [5, 5.41) is 6.20. The lowest BCUT2D eigenvalue weighted by molar-refractivity contribution is 1.13. The lowest BCUT2D eigenvalue weighted by Crippen LogP contribution is -1.97. The van der Waals surface area contributed by atoms with Crippen molar-refractivity contribution in [3.8, 4) is 39.3 Å². The van der Waals surface area contributed by atoms with Crippen molar-refractivity contribution in [3.63, 3.8) is 0 Å². The molecule has 0 fully saturated rings. The Balaban J connectivity index is 1.17. The second-order valence-corrected chi connectivity index (χ2v) is 13.8. The van der Waals surface area contributed by atoms with Gasteiger partial charge in [0.05, 0.1) is 27.6 Å². The quantitative estimate of drug-likeness (QED) is 0.172. The van der Waals surface area contributed by atoms with E-state index in [1.807, 2.05) is 0 Å². The largest absolute Gasteiger partial charge is 0.316 e. The molecule has 53 heavy (non-hydrogen) atoms. The fraction of sp³-hybridized carbons (Fsp3) is 0. The van der Waals surface area contributed by atoms with E-state index in [-0.39, 0.29) is 0 Å². The molecule has 248 valence electrons. The zero-order chi connectivity index (χ0) is 34.9. The first-order chi connectivity index (χ1) is 26.3. The van der Waals surface area contributed by atoms with Crippen molar-refractivity contribution in [2.24, 2.45) is 0 Å². The molecule has 0 spiro atoms. The second kappa shape index (κ2) is 11.7. The average Bonchev–Trinajstić information content (AvgIpc) is 3.92. The van der Waals surface area contributed by atoms with Gasteiger partial charge in [0.1, 0.15) is 0 Å². The van der Waals surface area contributed by atoms with Crippen molar-refractivity contribution in [2.45, 2.75) is 0 Å².